The lowest BCUT2D eigenvalue weighted by Gasteiger charge is -2.13. The van der Waals surface area contributed by atoms with Gasteiger partial charge in [0.1, 0.15) is 0 Å². The number of carbonyl (C=O) groups is 1. The van der Waals surface area contributed by atoms with Crippen molar-refractivity contribution in [3.63, 3.8) is 0 Å². The summed E-state index contributed by atoms with van der Waals surface area (Å²) in [7, 11) is 5.27. The Morgan fingerprint density at radius 3 is 2.50 bits per heavy atom. The Kier molecular flexibility index (Phi) is 10.6. The van der Waals surface area contributed by atoms with Gasteiger partial charge in [0.15, 0.2) is 5.96 Å². The van der Waals surface area contributed by atoms with Gasteiger partial charge in [-0.25, -0.2) is 0 Å². The van der Waals surface area contributed by atoms with Crippen molar-refractivity contribution in [3.8, 4) is 0 Å². The van der Waals surface area contributed by atoms with E-state index in [0.29, 0.717) is 12.1 Å². The van der Waals surface area contributed by atoms with Crippen molar-refractivity contribution >= 4 is 35.8 Å². The molecule has 0 unspecified atom stereocenters. The first kappa shape index (κ1) is 22.7. The summed E-state index contributed by atoms with van der Waals surface area (Å²) in [5, 5.41) is 6.57. The average Bonchev–Trinajstić information content (AvgIpc) is 3.44. The highest BCUT2D eigenvalue weighted by atomic mass is 127. The highest BCUT2D eigenvalue weighted by Crippen LogP contribution is 2.28. The lowest BCUT2D eigenvalue weighted by molar-refractivity contribution is 0.0827. The smallest absolute Gasteiger partial charge is 0.253 e. The van der Waals surface area contributed by atoms with Crippen molar-refractivity contribution in [2.24, 2.45) is 10.9 Å². The van der Waals surface area contributed by atoms with Gasteiger partial charge in [-0.2, -0.15) is 0 Å². The third-order valence-electron chi connectivity index (χ3n) is 4.10. The molecule has 0 aliphatic heterocycles. The van der Waals surface area contributed by atoms with Crippen molar-refractivity contribution in [3.05, 3.63) is 35.4 Å². The summed E-state index contributed by atoms with van der Waals surface area (Å²) < 4.78 is 5.62. The molecular formula is C19H31IN4O2. The molecule has 0 bridgehead atoms. The number of halogens is 1. The van der Waals surface area contributed by atoms with E-state index in [2.05, 4.69) is 15.6 Å². The van der Waals surface area contributed by atoms with Crippen LogP contribution in [0.4, 0.5) is 0 Å². The molecule has 0 heterocycles. The van der Waals surface area contributed by atoms with Crippen LogP contribution in [0.2, 0.25) is 0 Å². The van der Waals surface area contributed by atoms with Gasteiger partial charge in [-0.05, 0) is 42.9 Å². The molecule has 1 fully saturated rings. The van der Waals surface area contributed by atoms with Gasteiger partial charge >= 0.3 is 0 Å². The largest absolute Gasteiger partial charge is 0.381 e. The number of nitrogens with one attached hydrogen (secondary N) is 2. The Morgan fingerprint density at radius 1 is 1.23 bits per heavy atom. The molecule has 1 aromatic carbocycles. The van der Waals surface area contributed by atoms with Crippen LogP contribution in [-0.2, 0) is 11.3 Å². The number of hydrogen-bond donors (Lipinski definition) is 2. The fourth-order valence-corrected chi connectivity index (χ4v) is 2.35. The zero-order valence-electron chi connectivity index (χ0n) is 16.0. The Bertz CT molecular complexity index is 571. The Hall–Kier alpha value is -1.35. The molecule has 26 heavy (non-hydrogen) atoms. The summed E-state index contributed by atoms with van der Waals surface area (Å²) in [6.07, 6.45) is 3.63. The quantitative estimate of drug-likeness (QED) is 0.250. The first-order valence-electron chi connectivity index (χ1n) is 8.93. The van der Waals surface area contributed by atoms with E-state index in [1.54, 1.807) is 26.0 Å². The van der Waals surface area contributed by atoms with Gasteiger partial charge in [0.2, 0.25) is 0 Å². The third-order valence-corrected chi connectivity index (χ3v) is 4.10. The van der Waals surface area contributed by atoms with Crippen LogP contribution in [0, 0.1) is 5.92 Å². The van der Waals surface area contributed by atoms with Crippen molar-refractivity contribution in [1.29, 1.82) is 0 Å². The van der Waals surface area contributed by atoms with Gasteiger partial charge in [-0.3, -0.25) is 9.79 Å². The van der Waals surface area contributed by atoms with Crippen LogP contribution < -0.4 is 10.6 Å². The maximum Gasteiger partial charge on any atom is 0.253 e. The molecule has 1 aliphatic carbocycles. The predicted octanol–water partition coefficient (Wildman–Crippen LogP) is 2.49. The van der Waals surface area contributed by atoms with Crippen LogP contribution >= 0.6 is 24.0 Å². The first-order valence-corrected chi connectivity index (χ1v) is 8.93. The maximum absolute atomic E-state index is 11.9. The molecule has 146 valence electrons. The van der Waals surface area contributed by atoms with Crippen LogP contribution in [0.1, 0.15) is 35.2 Å². The van der Waals surface area contributed by atoms with E-state index in [0.717, 1.165) is 43.6 Å². The molecule has 1 aromatic rings. The number of carbonyl (C=O) groups excluding carboxylic acids is 1. The second kappa shape index (κ2) is 12.1. The van der Waals surface area contributed by atoms with E-state index in [1.165, 1.54) is 12.8 Å². The molecule has 6 nitrogen and oxygen atoms in total. The Labute approximate surface area is 173 Å². The zero-order chi connectivity index (χ0) is 18.1. The standard InChI is InChI=1S/C19H30N4O2.HI/c1-20-19(21-11-4-12-25-14-16-5-6-16)22-13-15-7-9-17(10-8-15)18(24)23(2)3;/h7-10,16H,4-6,11-14H2,1-3H3,(H2,20,21,22);1H. The number of aliphatic imine (C=N–C) groups is 1. The van der Waals surface area contributed by atoms with Gasteiger partial charge in [-0.15, -0.1) is 24.0 Å². The molecule has 0 radical (unpaired) electrons. The van der Waals surface area contributed by atoms with E-state index in [4.69, 9.17) is 4.74 Å². The minimum absolute atomic E-state index is 0. The predicted molar refractivity (Wildman–Crippen MR) is 116 cm³/mol. The molecular weight excluding hydrogens is 443 g/mol. The summed E-state index contributed by atoms with van der Waals surface area (Å²) >= 11 is 0. The van der Waals surface area contributed by atoms with Crippen molar-refractivity contribution in [2.75, 3.05) is 40.9 Å². The normalized spacial score (nSPS) is 13.7. The minimum Gasteiger partial charge on any atom is -0.381 e. The average molecular weight is 474 g/mol. The van der Waals surface area contributed by atoms with Crippen molar-refractivity contribution in [2.45, 2.75) is 25.8 Å². The SMILES string of the molecule is CN=C(NCCCOCC1CC1)NCc1ccc(C(=O)N(C)C)cc1.I. The summed E-state index contributed by atoms with van der Waals surface area (Å²) in [4.78, 5) is 17.7. The van der Waals surface area contributed by atoms with Gasteiger partial charge in [0.25, 0.3) is 5.91 Å². The number of guanidine groups is 1. The molecule has 1 saturated carbocycles. The molecule has 2 rings (SSSR count). The summed E-state index contributed by atoms with van der Waals surface area (Å²) in [6.45, 7) is 3.20. The van der Waals surface area contributed by atoms with Crippen molar-refractivity contribution in [1.82, 2.24) is 15.5 Å². The molecule has 7 heteroatoms. The van der Waals surface area contributed by atoms with E-state index in [-0.39, 0.29) is 29.9 Å². The van der Waals surface area contributed by atoms with Gasteiger partial charge in [0, 0.05) is 53.0 Å². The third kappa shape index (κ3) is 8.35. The molecule has 0 saturated heterocycles. The lowest BCUT2D eigenvalue weighted by atomic mass is 10.1. The maximum atomic E-state index is 11.9. The second-order valence-electron chi connectivity index (χ2n) is 6.62. The summed E-state index contributed by atoms with van der Waals surface area (Å²) in [6, 6.07) is 7.63. The van der Waals surface area contributed by atoms with E-state index >= 15 is 0 Å². The van der Waals surface area contributed by atoms with Gasteiger partial charge in [-0.1, -0.05) is 12.1 Å². The number of ether oxygens (including phenoxy) is 1. The van der Waals surface area contributed by atoms with Crippen LogP contribution in [0.15, 0.2) is 29.3 Å². The fourth-order valence-electron chi connectivity index (χ4n) is 2.35. The fraction of sp³-hybridized carbons (Fsp3) is 0.579. The Morgan fingerprint density at radius 2 is 1.92 bits per heavy atom. The molecule has 0 atom stereocenters. The van der Waals surface area contributed by atoms with Crippen LogP contribution in [0.3, 0.4) is 0 Å². The monoisotopic (exact) mass is 474 g/mol. The zero-order valence-corrected chi connectivity index (χ0v) is 18.3. The van der Waals surface area contributed by atoms with E-state index < -0.39 is 0 Å². The number of benzene rings is 1. The van der Waals surface area contributed by atoms with E-state index in [9.17, 15) is 4.79 Å². The number of rotatable bonds is 9. The van der Waals surface area contributed by atoms with Gasteiger partial charge < -0.3 is 20.3 Å². The topological polar surface area (TPSA) is 66.0 Å². The van der Waals surface area contributed by atoms with E-state index in [1.807, 2.05) is 24.3 Å². The summed E-state index contributed by atoms with van der Waals surface area (Å²) in [5.41, 5.74) is 1.80. The highest BCUT2D eigenvalue weighted by molar-refractivity contribution is 14.0. The molecule has 1 aliphatic rings. The molecule has 0 spiro atoms. The first-order chi connectivity index (χ1) is 12.1. The number of hydrogen-bond acceptors (Lipinski definition) is 3. The number of nitrogens with zero attached hydrogens (tertiary/aromatic N) is 2. The van der Waals surface area contributed by atoms with Gasteiger partial charge in [0.05, 0.1) is 0 Å². The highest BCUT2D eigenvalue weighted by Gasteiger charge is 2.20. The van der Waals surface area contributed by atoms with Crippen LogP contribution in [0.5, 0.6) is 0 Å². The molecule has 2 N–H and O–H groups in total. The number of amides is 1. The lowest BCUT2D eigenvalue weighted by Crippen LogP contribution is -2.37. The van der Waals surface area contributed by atoms with Crippen molar-refractivity contribution < 1.29 is 9.53 Å². The van der Waals surface area contributed by atoms with Crippen LogP contribution in [-0.4, -0.2) is 57.7 Å². The second-order valence-corrected chi connectivity index (χ2v) is 6.62. The minimum atomic E-state index is 0. The van der Waals surface area contributed by atoms with Crippen LogP contribution in [0.25, 0.3) is 0 Å². The molecule has 0 aromatic heterocycles. The molecule has 1 amide bonds. The Balaban J connectivity index is 0.00000338. The summed E-state index contributed by atoms with van der Waals surface area (Å²) in [5.74, 6) is 1.61.